The van der Waals surface area contributed by atoms with E-state index in [0.717, 1.165) is 27.9 Å². The van der Waals surface area contributed by atoms with Crippen molar-refractivity contribution in [1.29, 1.82) is 0 Å². The van der Waals surface area contributed by atoms with Crippen molar-refractivity contribution in [3.63, 3.8) is 0 Å². The average molecular weight is 381 g/mol. The molecule has 0 aliphatic heterocycles. The number of alkyl carbamates (subject to hydrolysis) is 1. The molecule has 6 heteroatoms. The molecule has 1 amide bonds. The summed E-state index contributed by atoms with van der Waals surface area (Å²) in [5, 5.41) is 3.89. The van der Waals surface area contributed by atoms with E-state index in [1.807, 2.05) is 20.8 Å². The van der Waals surface area contributed by atoms with E-state index in [0.29, 0.717) is 6.54 Å². The van der Waals surface area contributed by atoms with Crippen LogP contribution in [-0.2, 0) is 11.3 Å². The van der Waals surface area contributed by atoms with E-state index < -0.39 is 19.8 Å². The van der Waals surface area contributed by atoms with E-state index in [1.165, 1.54) is 0 Å². The summed E-state index contributed by atoms with van der Waals surface area (Å²) in [7, 11) is -1.20. The first-order valence-electron chi connectivity index (χ1n) is 8.56. The minimum absolute atomic E-state index is 0.391. The minimum Gasteiger partial charge on any atom is -0.444 e. The van der Waals surface area contributed by atoms with E-state index in [-0.39, 0.29) is 0 Å². The molecule has 0 atom stereocenters. The number of hydrogen-bond donors (Lipinski definition) is 1. The van der Waals surface area contributed by atoms with Crippen molar-refractivity contribution in [2.75, 3.05) is 12.4 Å². The van der Waals surface area contributed by atoms with Crippen LogP contribution in [-0.4, -0.2) is 37.2 Å². The van der Waals surface area contributed by atoms with Crippen LogP contribution in [0.5, 0.6) is 0 Å². The molecule has 1 rings (SSSR count). The summed E-state index contributed by atoms with van der Waals surface area (Å²) in [5.41, 5.74) is 2.89. The Hall–Kier alpha value is -1.27. The molecule has 1 N–H and O–H groups in total. The van der Waals surface area contributed by atoms with E-state index in [4.69, 9.17) is 9.73 Å². The molecule has 0 aliphatic carbocycles. The van der Waals surface area contributed by atoms with Gasteiger partial charge < -0.3 is 10.1 Å². The van der Waals surface area contributed by atoms with Crippen molar-refractivity contribution in [3.05, 3.63) is 34.9 Å². The van der Waals surface area contributed by atoms with Crippen molar-refractivity contribution >= 4 is 31.0 Å². The van der Waals surface area contributed by atoms with Crippen LogP contribution in [0.2, 0.25) is 19.6 Å². The average Bonchev–Trinajstić information content (AvgIpc) is 2.44. The molecule has 0 aromatic heterocycles. The third kappa shape index (κ3) is 8.58. The monoisotopic (exact) mass is 380 g/mol. The Morgan fingerprint density at radius 1 is 1.28 bits per heavy atom. The zero-order valence-electron chi connectivity index (χ0n) is 16.8. The first kappa shape index (κ1) is 21.8. The molecule has 0 aliphatic rings. The number of aliphatic imine (C=N–C) groups is 1. The summed E-state index contributed by atoms with van der Waals surface area (Å²) < 4.78 is 5.27. The summed E-state index contributed by atoms with van der Waals surface area (Å²) in [5.74, 6) is 0. The Bertz CT molecular complexity index is 631. The van der Waals surface area contributed by atoms with Gasteiger partial charge in [-0.3, -0.25) is 4.99 Å². The highest BCUT2D eigenvalue weighted by Gasteiger charge is 2.16. The maximum absolute atomic E-state index is 11.8. The number of nitrogens with zero attached hydrogens (tertiary/aromatic N) is 1. The van der Waals surface area contributed by atoms with E-state index in [2.05, 4.69) is 56.3 Å². The SMILES string of the molecule is CSC(=NC[Si](C)(C)C)c1ccc(CNC(=O)OC(C)(C)C)c(C)c1. The van der Waals surface area contributed by atoms with Gasteiger partial charge in [-0.05, 0) is 51.1 Å². The molecule has 0 saturated heterocycles. The Kier molecular flexibility index (Phi) is 7.75. The fraction of sp³-hybridized carbons (Fsp3) is 0.579. The molecule has 0 spiro atoms. The number of amides is 1. The molecule has 0 fully saturated rings. The van der Waals surface area contributed by atoms with Crippen molar-refractivity contribution in [1.82, 2.24) is 5.32 Å². The van der Waals surface area contributed by atoms with Gasteiger partial charge in [0.1, 0.15) is 5.60 Å². The van der Waals surface area contributed by atoms with E-state index in [9.17, 15) is 4.79 Å². The molecule has 0 unspecified atom stereocenters. The Labute approximate surface area is 157 Å². The zero-order chi connectivity index (χ0) is 19.3. The second-order valence-corrected chi connectivity index (χ2v) is 14.6. The third-order valence-electron chi connectivity index (χ3n) is 3.30. The predicted molar refractivity (Wildman–Crippen MR) is 113 cm³/mol. The molecule has 25 heavy (non-hydrogen) atoms. The van der Waals surface area contributed by atoms with Gasteiger partial charge in [0, 0.05) is 18.3 Å². The second-order valence-electron chi connectivity index (χ2n) is 8.38. The van der Waals surface area contributed by atoms with E-state index >= 15 is 0 Å². The summed E-state index contributed by atoms with van der Waals surface area (Å²) >= 11 is 1.69. The van der Waals surface area contributed by atoms with Crippen LogP contribution in [0.25, 0.3) is 0 Å². The molecule has 4 nitrogen and oxygen atoms in total. The largest absolute Gasteiger partial charge is 0.444 e. The number of hydrogen-bond acceptors (Lipinski definition) is 4. The minimum atomic E-state index is -1.20. The maximum atomic E-state index is 11.8. The van der Waals surface area contributed by atoms with E-state index in [1.54, 1.807) is 11.8 Å². The molecule has 140 valence electrons. The zero-order valence-corrected chi connectivity index (χ0v) is 18.6. The number of benzene rings is 1. The van der Waals surface area contributed by atoms with Crippen LogP contribution >= 0.6 is 11.8 Å². The van der Waals surface area contributed by atoms with Gasteiger partial charge >= 0.3 is 6.09 Å². The summed E-state index contributed by atoms with van der Waals surface area (Å²) in [6, 6.07) is 6.28. The van der Waals surface area contributed by atoms with Crippen LogP contribution in [0.4, 0.5) is 4.79 Å². The topological polar surface area (TPSA) is 50.7 Å². The molecular formula is C19H32N2O2SSi. The molecule has 1 aromatic rings. The molecular weight excluding hydrogens is 348 g/mol. The van der Waals surface area contributed by atoms with Gasteiger partial charge in [0.25, 0.3) is 0 Å². The molecule has 0 radical (unpaired) electrons. The lowest BCUT2D eigenvalue weighted by atomic mass is 10.1. The highest BCUT2D eigenvalue weighted by atomic mass is 32.2. The van der Waals surface area contributed by atoms with Crippen molar-refractivity contribution in [2.24, 2.45) is 4.99 Å². The first-order valence-corrected chi connectivity index (χ1v) is 13.5. The number of aryl methyl sites for hydroxylation is 1. The Morgan fingerprint density at radius 2 is 1.92 bits per heavy atom. The van der Waals surface area contributed by atoms with Gasteiger partial charge in [0.15, 0.2) is 0 Å². The number of nitrogens with one attached hydrogen (secondary N) is 1. The highest BCUT2D eigenvalue weighted by molar-refractivity contribution is 8.13. The second kappa shape index (κ2) is 8.90. The third-order valence-corrected chi connectivity index (χ3v) is 5.16. The summed E-state index contributed by atoms with van der Waals surface area (Å²) in [4.78, 5) is 16.6. The quantitative estimate of drug-likeness (QED) is 0.444. The number of thioether (sulfide) groups is 1. The molecule has 0 saturated carbocycles. The van der Waals surface area contributed by atoms with Crippen molar-refractivity contribution in [3.8, 4) is 0 Å². The predicted octanol–water partition coefficient (Wildman–Crippen LogP) is 5.01. The van der Waals surface area contributed by atoms with Crippen molar-refractivity contribution in [2.45, 2.75) is 59.5 Å². The number of carbonyl (C=O) groups is 1. The molecule has 1 aromatic carbocycles. The lowest BCUT2D eigenvalue weighted by Crippen LogP contribution is -2.32. The van der Waals surface area contributed by atoms with Crippen LogP contribution in [0.15, 0.2) is 23.2 Å². The maximum Gasteiger partial charge on any atom is 0.407 e. The molecule has 0 heterocycles. The molecule has 0 bridgehead atoms. The smallest absolute Gasteiger partial charge is 0.407 e. The lowest BCUT2D eigenvalue weighted by Gasteiger charge is -2.20. The van der Waals surface area contributed by atoms with Crippen LogP contribution < -0.4 is 5.32 Å². The lowest BCUT2D eigenvalue weighted by molar-refractivity contribution is 0.0523. The van der Waals surface area contributed by atoms with Crippen LogP contribution in [0.1, 0.15) is 37.5 Å². The summed E-state index contributed by atoms with van der Waals surface area (Å²) in [6.07, 6.45) is 2.61. The van der Waals surface area contributed by atoms with Gasteiger partial charge in [0.2, 0.25) is 0 Å². The fourth-order valence-electron chi connectivity index (χ4n) is 2.09. The number of rotatable bonds is 5. The van der Waals surface area contributed by atoms with Gasteiger partial charge in [0.05, 0.1) is 13.1 Å². The Balaban J connectivity index is 2.81. The number of carbonyl (C=O) groups excluding carboxylic acids is 1. The van der Waals surface area contributed by atoms with Gasteiger partial charge in [-0.25, -0.2) is 4.79 Å². The summed E-state index contributed by atoms with van der Waals surface area (Å²) in [6.45, 7) is 15.1. The van der Waals surface area contributed by atoms with Crippen LogP contribution in [0.3, 0.4) is 0 Å². The van der Waals surface area contributed by atoms with Gasteiger partial charge in [-0.15, -0.1) is 11.8 Å². The number of ether oxygens (including phenoxy) is 1. The fourth-order valence-corrected chi connectivity index (χ4v) is 3.39. The van der Waals surface area contributed by atoms with Crippen LogP contribution in [0, 0.1) is 6.92 Å². The standard InChI is InChI=1S/C19H32N2O2SSi/c1-14-11-15(17(24-5)21-13-25(6,7)8)9-10-16(14)12-20-18(22)23-19(2,3)4/h9-11H,12-13H2,1-8H3,(H,20,22). The van der Waals surface area contributed by atoms with Gasteiger partial charge in [-0.2, -0.15) is 0 Å². The normalized spacial score (nSPS) is 12.9. The highest BCUT2D eigenvalue weighted by Crippen LogP contribution is 2.17. The van der Waals surface area contributed by atoms with Gasteiger partial charge in [-0.1, -0.05) is 31.8 Å². The first-order chi connectivity index (χ1) is 11.4. The Morgan fingerprint density at radius 3 is 2.40 bits per heavy atom. The van der Waals surface area contributed by atoms with Crippen molar-refractivity contribution < 1.29 is 9.53 Å².